The second-order valence-corrected chi connectivity index (χ2v) is 7.75. The third kappa shape index (κ3) is 3.70. The van der Waals surface area contributed by atoms with Gasteiger partial charge in [0.2, 0.25) is 0 Å². The van der Waals surface area contributed by atoms with Crippen molar-refractivity contribution in [3.8, 4) is 11.3 Å². The van der Waals surface area contributed by atoms with Gasteiger partial charge in [-0.15, -0.1) is 0 Å². The molecule has 5 nitrogen and oxygen atoms in total. The molecule has 150 valence electrons. The summed E-state index contributed by atoms with van der Waals surface area (Å²) in [6.07, 6.45) is 2.10. The number of fused-ring (bicyclic) bond motifs is 1. The van der Waals surface area contributed by atoms with Gasteiger partial charge < -0.3 is 14.6 Å². The monoisotopic (exact) mass is 390 g/mol. The number of carbonyl (C=O) groups excluding carboxylic acids is 1. The summed E-state index contributed by atoms with van der Waals surface area (Å²) >= 11 is 0. The lowest BCUT2D eigenvalue weighted by Crippen LogP contribution is -2.42. The van der Waals surface area contributed by atoms with Gasteiger partial charge >= 0.3 is 0 Å². The molecule has 0 radical (unpaired) electrons. The van der Waals surface area contributed by atoms with Crippen LogP contribution in [0.15, 0.2) is 57.7 Å². The van der Waals surface area contributed by atoms with E-state index >= 15 is 0 Å². The quantitative estimate of drug-likeness (QED) is 0.735. The maximum atomic E-state index is 13.4. The van der Waals surface area contributed by atoms with E-state index in [9.17, 15) is 9.59 Å². The number of amides is 1. The molecule has 4 rings (SSSR count). The average Bonchev–Trinajstić information content (AvgIpc) is 2.76. The molecular weight excluding hydrogens is 364 g/mol. The van der Waals surface area contributed by atoms with Crippen LogP contribution in [-0.4, -0.2) is 37.5 Å². The molecule has 0 aliphatic carbocycles. The maximum absolute atomic E-state index is 13.4. The van der Waals surface area contributed by atoms with Crippen LogP contribution in [0.3, 0.4) is 0 Å². The van der Waals surface area contributed by atoms with E-state index in [-0.39, 0.29) is 11.3 Å². The first-order valence-electron chi connectivity index (χ1n) is 10.2. The fourth-order valence-electron chi connectivity index (χ4n) is 4.22. The van der Waals surface area contributed by atoms with Crippen molar-refractivity contribution in [1.82, 2.24) is 10.2 Å². The highest BCUT2D eigenvalue weighted by molar-refractivity contribution is 6.05. The van der Waals surface area contributed by atoms with Crippen molar-refractivity contribution in [2.24, 2.45) is 5.92 Å². The van der Waals surface area contributed by atoms with Crippen molar-refractivity contribution in [3.05, 3.63) is 69.9 Å². The predicted octanol–water partition coefficient (Wildman–Crippen LogP) is 3.84. The van der Waals surface area contributed by atoms with Crippen molar-refractivity contribution in [1.29, 1.82) is 0 Å². The van der Waals surface area contributed by atoms with Crippen LogP contribution in [0.4, 0.5) is 0 Å². The Morgan fingerprint density at radius 2 is 1.97 bits per heavy atom. The van der Waals surface area contributed by atoms with Gasteiger partial charge in [0, 0.05) is 24.2 Å². The summed E-state index contributed by atoms with van der Waals surface area (Å²) in [5.41, 5.74) is 2.13. The summed E-state index contributed by atoms with van der Waals surface area (Å²) in [4.78, 5) is 28.3. The fraction of sp³-hybridized carbons (Fsp3) is 0.333. The van der Waals surface area contributed by atoms with Gasteiger partial charge in [-0.25, -0.2) is 0 Å². The van der Waals surface area contributed by atoms with E-state index in [1.807, 2.05) is 42.3 Å². The van der Waals surface area contributed by atoms with E-state index in [2.05, 4.69) is 5.32 Å². The Hall–Kier alpha value is -2.92. The number of piperidine rings is 1. The van der Waals surface area contributed by atoms with Gasteiger partial charge in [-0.1, -0.05) is 36.4 Å². The zero-order valence-corrected chi connectivity index (χ0v) is 16.9. The SMILES string of the molecule is CNCC1CCCN(C(=O)c2cccc3c(=O)c(C)c(-c4ccccc4)oc23)C1. The molecule has 3 aromatic rings. The summed E-state index contributed by atoms with van der Waals surface area (Å²) in [5, 5.41) is 3.66. The van der Waals surface area contributed by atoms with Gasteiger partial charge in [-0.2, -0.15) is 0 Å². The van der Waals surface area contributed by atoms with Crippen molar-refractivity contribution in [2.45, 2.75) is 19.8 Å². The third-order valence-corrected chi connectivity index (χ3v) is 5.71. The molecule has 1 unspecified atom stereocenters. The van der Waals surface area contributed by atoms with Gasteiger partial charge in [0.05, 0.1) is 10.9 Å². The second-order valence-electron chi connectivity index (χ2n) is 7.75. The Morgan fingerprint density at radius 3 is 2.72 bits per heavy atom. The number of hydrogen-bond acceptors (Lipinski definition) is 4. The van der Waals surface area contributed by atoms with Crippen LogP contribution in [0, 0.1) is 12.8 Å². The number of nitrogens with one attached hydrogen (secondary N) is 1. The Labute approximate surface area is 170 Å². The lowest BCUT2D eigenvalue weighted by atomic mass is 9.97. The minimum atomic E-state index is -0.0912. The van der Waals surface area contributed by atoms with Gasteiger partial charge in [-0.05, 0) is 51.4 Å². The highest BCUT2D eigenvalue weighted by atomic mass is 16.3. The van der Waals surface area contributed by atoms with E-state index in [0.717, 1.165) is 38.0 Å². The Balaban J connectivity index is 1.80. The standard InChI is InChI=1S/C24H26N2O3/c1-16-21(27)19-11-6-12-20(23(19)29-22(16)18-9-4-3-5-10-18)24(28)26-13-7-8-17(15-26)14-25-2/h3-6,9-12,17,25H,7-8,13-15H2,1-2H3. The number of para-hydroxylation sites is 1. The smallest absolute Gasteiger partial charge is 0.257 e. The van der Waals surface area contributed by atoms with E-state index in [1.165, 1.54) is 0 Å². The molecular formula is C24H26N2O3. The van der Waals surface area contributed by atoms with Gasteiger partial charge in [0.25, 0.3) is 5.91 Å². The summed E-state index contributed by atoms with van der Waals surface area (Å²) in [7, 11) is 1.94. The van der Waals surface area contributed by atoms with Gasteiger partial charge in [0.1, 0.15) is 5.76 Å². The van der Waals surface area contributed by atoms with Crippen LogP contribution >= 0.6 is 0 Å². The van der Waals surface area contributed by atoms with Crippen LogP contribution in [0.2, 0.25) is 0 Å². The zero-order valence-electron chi connectivity index (χ0n) is 16.9. The predicted molar refractivity (Wildman–Crippen MR) is 115 cm³/mol. The van der Waals surface area contributed by atoms with Crippen LogP contribution in [0.1, 0.15) is 28.8 Å². The van der Waals surface area contributed by atoms with Crippen LogP contribution < -0.4 is 10.7 Å². The molecule has 1 N–H and O–H groups in total. The van der Waals surface area contributed by atoms with Crippen molar-refractivity contribution >= 4 is 16.9 Å². The van der Waals surface area contributed by atoms with Crippen LogP contribution in [0.5, 0.6) is 0 Å². The Kier molecular flexibility index (Phi) is 5.49. The van der Waals surface area contributed by atoms with Gasteiger partial charge in [0.15, 0.2) is 11.0 Å². The van der Waals surface area contributed by atoms with E-state index in [0.29, 0.717) is 33.8 Å². The Morgan fingerprint density at radius 1 is 1.17 bits per heavy atom. The number of nitrogens with zero attached hydrogens (tertiary/aromatic N) is 1. The largest absolute Gasteiger partial charge is 0.455 e. The molecule has 2 heterocycles. The average molecular weight is 390 g/mol. The summed E-state index contributed by atoms with van der Waals surface area (Å²) in [5.74, 6) is 0.902. The molecule has 1 aromatic heterocycles. The van der Waals surface area contributed by atoms with Gasteiger partial charge in [-0.3, -0.25) is 9.59 Å². The molecule has 0 bridgehead atoms. The minimum Gasteiger partial charge on any atom is -0.455 e. The van der Waals surface area contributed by atoms with Crippen molar-refractivity contribution < 1.29 is 9.21 Å². The van der Waals surface area contributed by atoms with E-state index < -0.39 is 0 Å². The van der Waals surface area contributed by atoms with E-state index in [1.54, 1.807) is 25.1 Å². The first-order valence-corrected chi connectivity index (χ1v) is 10.2. The number of hydrogen-bond donors (Lipinski definition) is 1. The highest BCUT2D eigenvalue weighted by Crippen LogP contribution is 2.28. The first-order chi connectivity index (χ1) is 14.1. The lowest BCUT2D eigenvalue weighted by molar-refractivity contribution is 0.0675. The topological polar surface area (TPSA) is 62.6 Å². The molecule has 1 aliphatic rings. The molecule has 1 fully saturated rings. The van der Waals surface area contributed by atoms with Crippen molar-refractivity contribution in [3.63, 3.8) is 0 Å². The lowest BCUT2D eigenvalue weighted by Gasteiger charge is -2.32. The molecule has 0 spiro atoms. The molecule has 29 heavy (non-hydrogen) atoms. The van der Waals surface area contributed by atoms with Crippen molar-refractivity contribution in [2.75, 3.05) is 26.7 Å². The third-order valence-electron chi connectivity index (χ3n) is 5.71. The number of rotatable bonds is 4. The normalized spacial score (nSPS) is 16.9. The minimum absolute atomic E-state index is 0.0672. The summed E-state index contributed by atoms with van der Waals surface area (Å²) in [6.45, 7) is 4.12. The second kappa shape index (κ2) is 8.21. The highest BCUT2D eigenvalue weighted by Gasteiger charge is 2.26. The molecule has 1 amide bonds. The zero-order chi connectivity index (χ0) is 20.4. The summed E-state index contributed by atoms with van der Waals surface area (Å²) in [6, 6.07) is 14.8. The van der Waals surface area contributed by atoms with Crippen LogP contribution in [0.25, 0.3) is 22.3 Å². The van der Waals surface area contributed by atoms with E-state index in [4.69, 9.17) is 4.42 Å². The molecule has 1 aliphatic heterocycles. The number of likely N-dealkylation sites (tertiary alicyclic amines) is 1. The van der Waals surface area contributed by atoms with Crippen LogP contribution in [-0.2, 0) is 0 Å². The maximum Gasteiger partial charge on any atom is 0.257 e. The number of carbonyl (C=O) groups is 1. The summed E-state index contributed by atoms with van der Waals surface area (Å²) < 4.78 is 6.22. The fourth-order valence-corrected chi connectivity index (χ4v) is 4.22. The molecule has 2 aromatic carbocycles. The molecule has 0 saturated carbocycles. The first kappa shape index (κ1) is 19.4. The number of benzene rings is 2. The Bertz CT molecular complexity index is 1090. The molecule has 5 heteroatoms. The molecule has 1 saturated heterocycles. The molecule has 1 atom stereocenters.